The fraction of sp³-hybridized carbons (Fsp3) is 0.417. The molecule has 3 nitrogen and oxygen atoms in total. The fourth-order valence-electron chi connectivity index (χ4n) is 1.33. The van der Waals surface area contributed by atoms with Gasteiger partial charge in [0, 0.05) is 6.61 Å². The number of hydrogen-bond donors (Lipinski definition) is 0. The van der Waals surface area contributed by atoms with E-state index in [1.54, 1.807) is 12.1 Å². The zero-order chi connectivity index (χ0) is 12.0. The second kappa shape index (κ2) is 5.82. The summed E-state index contributed by atoms with van der Waals surface area (Å²) >= 11 is 0. The van der Waals surface area contributed by atoms with E-state index in [0.29, 0.717) is 18.4 Å². The summed E-state index contributed by atoms with van der Waals surface area (Å²) in [5.74, 6) is -0.277. The molecule has 1 rings (SSSR count). The highest BCUT2D eigenvalue weighted by molar-refractivity contribution is 6.71. The van der Waals surface area contributed by atoms with Crippen LogP contribution in [0.1, 0.15) is 17.3 Å². The summed E-state index contributed by atoms with van der Waals surface area (Å²) in [7, 11) is -1.84. The van der Waals surface area contributed by atoms with E-state index in [9.17, 15) is 4.79 Å². The third kappa shape index (κ3) is 4.16. The number of hydrogen-bond acceptors (Lipinski definition) is 3. The van der Waals surface area contributed by atoms with Crippen LogP contribution in [0.15, 0.2) is 30.3 Å². The molecule has 88 valence electrons. The Bertz CT molecular complexity index is 335. The minimum Gasteiger partial charge on any atom is -0.463 e. The number of carbonyl (C=O) groups is 1. The lowest BCUT2D eigenvalue weighted by molar-refractivity contribution is 0.0547. The van der Waals surface area contributed by atoms with E-state index in [1.807, 2.05) is 38.2 Å². The largest absolute Gasteiger partial charge is 0.463 e. The predicted molar refractivity (Wildman–Crippen MR) is 65.8 cm³/mol. The summed E-state index contributed by atoms with van der Waals surface area (Å²) < 4.78 is 10.8. The van der Waals surface area contributed by atoms with E-state index in [0.717, 1.165) is 0 Å². The lowest BCUT2D eigenvalue weighted by atomic mass is 10.2. The summed E-state index contributed by atoms with van der Waals surface area (Å²) in [4.78, 5) is 11.6. The van der Waals surface area contributed by atoms with Crippen LogP contribution in [0.4, 0.5) is 0 Å². The van der Waals surface area contributed by atoms with E-state index in [4.69, 9.17) is 9.16 Å². The maximum atomic E-state index is 11.6. The third-order valence-corrected chi connectivity index (χ3v) is 4.01. The van der Waals surface area contributed by atoms with Crippen LogP contribution < -0.4 is 0 Å². The standard InChI is InChI=1S/C12H18O3Si/c1-4-15-16(2,3)10-14-12(13)11-8-6-5-7-9-11/h5-9H,4,10H2,1-3H3. The van der Waals surface area contributed by atoms with Gasteiger partial charge in [0.25, 0.3) is 0 Å². The number of esters is 1. The molecule has 0 saturated carbocycles. The lowest BCUT2D eigenvalue weighted by Crippen LogP contribution is -2.37. The highest BCUT2D eigenvalue weighted by Crippen LogP contribution is 2.07. The van der Waals surface area contributed by atoms with Crippen LogP contribution in [-0.4, -0.2) is 27.1 Å². The molecule has 0 aromatic heterocycles. The Balaban J connectivity index is 2.48. The molecule has 0 unspecified atom stereocenters. The van der Waals surface area contributed by atoms with E-state index in [2.05, 4.69) is 0 Å². The molecule has 0 heterocycles. The molecule has 0 amide bonds. The van der Waals surface area contributed by atoms with Gasteiger partial charge >= 0.3 is 5.97 Å². The van der Waals surface area contributed by atoms with Crippen molar-refractivity contribution in [1.82, 2.24) is 0 Å². The van der Waals surface area contributed by atoms with E-state index in [1.165, 1.54) is 0 Å². The average Bonchev–Trinajstić information content (AvgIpc) is 2.27. The van der Waals surface area contributed by atoms with Gasteiger partial charge < -0.3 is 9.16 Å². The molecule has 1 aromatic carbocycles. The van der Waals surface area contributed by atoms with Gasteiger partial charge in [0.2, 0.25) is 8.32 Å². The Morgan fingerprint density at radius 2 is 1.88 bits per heavy atom. The second-order valence-electron chi connectivity index (χ2n) is 4.13. The Kier molecular flexibility index (Phi) is 4.70. The molecule has 0 bridgehead atoms. The zero-order valence-electron chi connectivity index (χ0n) is 10.0. The third-order valence-electron chi connectivity index (χ3n) is 2.10. The molecule has 0 N–H and O–H groups in total. The summed E-state index contributed by atoms with van der Waals surface area (Å²) in [6.07, 6.45) is 0.397. The van der Waals surface area contributed by atoms with E-state index in [-0.39, 0.29) is 5.97 Å². The van der Waals surface area contributed by atoms with Crippen molar-refractivity contribution in [2.75, 3.05) is 12.8 Å². The first-order valence-electron chi connectivity index (χ1n) is 5.41. The van der Waals surface area contributed by atoms with Gasteiger partial charge in [-0.05, 0) is 32.2 Å². The summed E-state index contributed by atoms with van der Waals surface area (Å²) in [6, 6.07) is 9.01. The van der Waals surface area contributed by atoms with Crippen LogP contribution in [-0.2, 0) is 9.16 Å². The van der Waals surface area contributed by atoms with Crippen molar-refractivity contribution in [3.63, 3.8) is 0 Å². The van der Waals surface area contributed by atoms with Crippen LogP contribution >= 0.6 is 0 Å². The lowest BCUT2D eigenvalue weighted by Gasteiger charge is -2.21. The highest BCUT2D eigenvalue weighted by Gasteiger charge is 2.24. The molecular weight excluding hydrogens is 220 g/mol. The van der Waals surface area contributed by atoms with Gasteiger partial charge in [0.05, 0.1) is 5.56 Å². The average molecular weight is 238 g/mol. The second-order valence-corrected chi connectivity index (χ2v) is 8.23. The Morgan fingerprint density at radius 1 is 1.25 bits per heavy atom. The van der Waals surface area contributed by atoms with Crippen molar-refractivity contribution in [2.45, 2.75) is 20.0 Å². The van der Waals surface area contributed by atoms with Crippen molar-refractivity contribution in [3.05, 3.63) is 35.9 Å². The molecule has 0 fully saturated rings. The highest BCUT2D eigenvalue weighted by atomic mass is 28.4. The predicted octanol–water partition coefficient (Wildman–Crippen LogP) is 2.62. The number of ether oxygens (including phenoxy) is 1. The van der Waals surface area contributed by atoms with Gasteiger partial charge in [-0.25, -0.2) is 4.79 Å². The van der Waals surface area contributed by atoms with Crippen molar-refractivity contribution in [3.8, 4) is 0 Å². The molecule has 4 heteroatoms. The van der Waals surface area contributed by atoms with Gasteiger partial charge in [-0.3, -0.25) is 0 Å². The molecule has 0 aliphatic heterocycles. The molecule has 0 aliphatic rings. The van der Waals surface area contributed by atoms with Crippen molar-refractivity contribution in [2.24, 2.45) is 0 Å². The molecule has 0 saturated heterocycles. The van der Waals surface area contributed by atoms with Crippen LogP contribution in [0.3, 0.4) is 0 Å². The summed E-state index contributed by atoms with van der Waals surface area (Å²) in [6.45, 7) is 6.69. The Hall–Kier alpha value is -1.13. The van der Waals surface area contributed by atoms with E-state index < -0.39 is 8.32 Å². The number of benzene rings is 1. The first-order valence-corrected chi connectivity index (χ1v) is 8.53. The maximum Gasteiger partial charge on any atom is 0.337 e. The molecule has 0 atom stereocenters. The molecule has 0 spiro atoms. The van der Waals surface area contributed by atoms with Crippen LogP contribution in [0.2, 0.25) is 13.1 Å². The first-order chi connectivity index (χ1) is 7.55. The smallest absolute Gasteiger partial charge is 0.337 e. The molecule has 0 radical (unpaired) electrons. The normalized spacial score (nSPS) is 11.2. The number of carbonyl (C=O) groups excluding carboxylic acids is 1. The molecular formula is C12H18O3Si. The van der Waals surface area contributed by atoms with Gasteiger partial charge in [-0.15, -0.1) is 0 Å². The van der Waals surface area contributed by atoms with Crippen LogP contribution in [0.5, 0.6) is 0 Å². The minimum absolute atomic E-state index is 0.277. The zero-order valence-corrected chi connectivity index (χ0v) is 11.0. The van der Waals surface area contributed by atoms with Gasteiger partial charge in [-0.2, -0.15) is 0 Å². The number of rotatable bonds is 5. The van der Waals surface area contributed by atoms with Crippen molar-refractivity contribution in [1.29, 1.82) is 0 Å². The Morgan fingerprint density at radius 3 is 2.44 bits per heavy atom. The van der Waals surface area contributed by atoms with Gasteiger partial charge in [-0.1, -0.05) is 18.2 Å². The van der Waals surface area contributed by atoms with Crippen molar-refractivity contribution < 1.29 is 14.0 Å². The Labute approximate surface area is 97.5 Å². The monoisotopic (exact) mass is 238 g/mol. The molecule has 0 aliphatic carbocycles. The van der Waals surface area contributed by atoms with Gasteiger partial charge in [0.1, 0.15) is 6.23 Å². The topological polar surface area (TPSA) is 35.5 Å². The fourth-order valence-corrected chi connectivity index (χ4v) is 2.67. The van der Waals surface area contributed by atoms with E-state index >= 15 is 0 Å². The SMILES string of the molecule is CCO[Si](C)(C)COC(=O)c1ccccc1. The van der Waals surface area contributed by atoms with Crippen molar-refractivity contribution >= 4 is 14.3 Å². The van der Waals surface area contributed by atoms with Crippen LogP contribution in [0.25, 0.3) is 0 Å². The maximum absolute atomic E-state index is 11.6. The quantitative estimate of drug-likeness (QED) is 0.584. The molecule has 16 heavy (non-hydrogen) atoms. The summed E-state index contributed by atoms with van der Waals surface area (Å²) in [5.41, 5.74) is 0.587. The molecule has 1 aromatic rings. The van der Waals surface area contributed by atoms with Gasteiger partial charge in [0.15, 0.2) is 0 Å². The minimum atomic E-state index is -1.84. The van der Waals surface area contributed by atoms with Crippen LogP contribution in [0, 0.1) is 0 Å². The summed E-state index contributed by atoms with van der Waals surface area (Å²) in [5, 5.41) is 0. The first kappa shape index (κ1) is 12.9.